The number of amides is 2. The van der Waals surface area contributed by atoms with Crippen LogP contribution in [0.3, 0.4) is 0 Å². The summed E-state index contributed by atoms with van der Waals surface area (Å²) in [6.45, 7) is 0. The summed E-state index contributed by atoms with van der Waals surface area (Å²) >= 11 is 2.96. The molecule has 2 aliphatic carbocycles. The van der Waals surface area contributed by atoms with Gasteiger partial charge in [0, 0.05) is 21.4 Å². The number of nitrogens with zero attached hydrogens (tertiary/aromatic N) is 1. The van der Waals surface area contributed by atoms with E-state index in [0.29, 0.717) is 16.5 Å². The number of hydrogen-bond acceptors (Lipinski definition) is 5. The third-order valence-electron chi connectivity index (χ3n) is 6.32. The number of hydrogen-bond donors (Lipinski definition) is 2. The fraction of sp³-hybridized carbons (Fsp3) is 0.296. The first-order valence-electron chi connectivity index (χ1n) is 11.5. The van der Waals surface area contributed by atoms with Crippen molar-refractivity contribution in [2.75, 3.05) is 16.4 Å². The predicted molar refractivity (Wildman–Crippen MR) is 137 cm³/mol. The highest BCUT2D eigenvalue weighted by molar-refractivity contribution is 8.00. The van der Waals surface area contributed by atoms with Gasteiger partial charge in [-0.05, 0) is 67.3 Å². The summed E-state index contributed by atoms with van der Waals surface area (Å²) in [6, 6.07) is 20.4. The Bertz CT molecular complexity index is 1260. The van der Waals surface area contributed by atoms with E-state index in [9.17, 15) is 14.9 Å². The van der Waals surface area contributed by atoms with Gasteiger partial charge >= 0.3 is 0 Å². The van der Waals surface area contributed by atoms with Crippen molar-refractivity contribution >= 4 is 45.6 Å². The number of benzene rings is 2. The molecule has 1 unspecified atom stereocenters. The van der Waals surface area contributed by atoms with Gasteiger partial charge in [0.2, 0.25) is 11.8 Å². The van der Waals surface area contributed by atoms with Crippen molar-refractivity contribution in [3.8, 4) is 6.07 Å². The Morgan fingerprint density at radius 1 is 1.06 bits per heavy atom. The third-order valence-corrected chi connectivity index (χ3v) is 8.48. The van der Waals surface area contributed by atoms with Crippen LogP contribution in [-0.4, -0.2) is 17.6 Å². The van der Waals surface area contributed by atoms with E-state index in [2.05, 4.69) is 41.0 Å². The van der Waals surface area contributed by atoms with Gasteiger partial charge in [-0.25, -0.2) is 0 Å². The smallest absolute Gasteiger partial charge is 0.235 e. The molecule has 0 bridgehead atoms. The number of carbonyl (C=O) groups is 2. The van der Waals surface area contributed by atoms with Crippen molar-refractivity contribution in [2.24, 2.45) is 5.92 Å². The summed E-state index contributed by atoms with van der Waals surface area (Å²) in [6.07, 6.45) is 4.70. The molecule has 2 N–H and O–H groups in total. The van der Waals surface area contributed by atoms with E-state index < -0.39 is 0 Å². The minimum Gasteiger partial charge on any atom is -0.326 e. The van der Waals surface area contributed by atoms with Crippen LogP contribution in [0.2, 0.25) is 0 Å². The van der Waals surface area contributed by atoms with Crippen LogP contribution < -0.4 is 10.6 Å². The van der Waals surface area contributed by atoms with Crippen molar-refractivity contribution < 1.29 is 9.59 Å². The van der Waals surface area contributed by atoms with Crippen molar-refractivity contribution in [3.63, 3.8) is 0 Å². The molecule has 0 saturated heterocycles. The maximum absolute atomic E-state index is 12.7. The number of nitriles is 1. The van der Waals surface area contributed by atoms with Crippen LogP contribution in [0, 0.1) is 17.2 Å². The van der Waals surface area contributed by atoms with Crippen molar-refractivity contribution in [2.45, 2.75) is 42.9 Å². The molecule has 1 fully saturated rings. The van der Waals surface area contributed by atoms with E-state index in [0.717, 1.165) is 48.3 Å². The highest BCUT2D eigenvalue weighted by Crippen LogP contribution is 2.42. The lowest BCUT2D eigenvalue weighted by atomic mass is 9.83. The van der Waals surface area contributed by atoms with Crippen LogP contribution in [0.5, 0.6) is 0 Å². The van der Waals surface area contributed by atoms with E-state index >= 15 is 0 Å². The van der Waals surface area contributed by atoms with E-state index in [1.54, 1.807) is 11.3 Å². The minimum absolute atomic E-state index is 0.0695. The van der Waals surface area contributed by atoms with E-state index in [1.165, 1.54) is 22.2 Å². The van der Waals surface area contributed by atoms with Gasteiger partial charge in [-0.2, -0.15) is 5.26 Å². The first-order chi connectivity index (χ1) is 16.6. The second-order valence-corrected chi connectivity index (χ2v) is 11.0. The Hall–Kier alpha value is -3.08. The fourth-order valence-electron chi connectivity index (χ4n) is 4.37. The molecule has 2 aromatic carbocycles. The zero-order valence-electron chi connectivity index (χ0n) is 18.7. The lowest BCUT2D eigenvalue weighted by Crippen LogP contribution is -2.14. The maximum atomic E-state index is 12.7. The van der Waals surface area contributed by atoms with Crippen LogP contribution in [0.1, 0.15) is 46.7 Å². The second-order valence-electron chi connectivity index (χ2n) is 8.80. The Balaban J connectivity index is 1.21. The molecule has 7 heteroatoms. The van der Waals surface area contributed by atoms with E-state index in [-0.39, 0.29) is 23.5 Å². The molecule has 3 aromatic rings. The molecule has 2 aliphatic rings. The average molecular weight is 488 g/mol. The highest BCUT2D eigenvalue weighted by atomic mass is 32.2. The summed E-state index contributed by atoms with van der Waals surface area (Å²) in [5.74, 6) is 0.772. The standard InChI is InChI=1S/C27H25N3O2S2/c28-15-23-22-12-11-19(17-5-2-1-3-6-17)13-24(22)34-27(23)30-25(31)16-33-21-8-4-7-20(14-21)29-26(32)18-9-10-18/h1-8,14,18-19H,9-13,16H2,(H,29,32)(H,30,31). The van der Waals surface area contributed by atoms with Gasteiger partial charge in [-0.15, -0.1) is 23.1 Å². The average Bonchev–Trinajstić information content (AvgIpc) is 3.65. The number of anilines is 2. The molecular formula is C27H25N3O2S2. The molecule has 1 heterocycles. The Labute approximate surface area is 207 Å². The third kappa shape index (κ3) is 5.19. The van der Waals surface area contributed by atoms with Crippen molar-refractivity contribution in [1.82, 2.24) is 0 Å². The van der Waals surface area contributed by atoms with Gasteiger partial charge in [0.25, 0.3) is 0 Å². The lowest BCUT2D eigenvalue weighted by molar-refractivity contribution is -0.117. The fourth-order valence-corrected chi connectivity index (χ4v) is 6.42. The van der Waals surface area contributed by atoms with Crippen LogP contribution in [0.15, 0.2) is 59.5 Å². The molecule has 172 valence electrons. The molecule has 1 saturated carbocycles. The molecule has 0 aliphatic heterocycles. The molecule has 34 heavy (non-hydrogen) atoms. The van der Waals surface area contributed by atoms with Gasteiger partial charge in [0.05, 0.1) is 11.3 Å². The molecule has 0 spiro atoms. The number of thiophene rings is 1. The van der Waals surface area contributed by atoms with Crippen LogP contribution in [0.25, 0.3) is 0 Å². The van der Waals surface area contributed by atoms with Crippen LogP contribution in [0.4, 0.5) is 10.7 Å². The van der Waals surface area contributed by atoms with Gasteiger partial charge in [0.15, 0.2) is 0 Å². The van der Waals surface area contributed by atoms with Gasteiger partial charge in [-0.1, -0.05) is 36.4 Å². The first-order valence-corrected chi connectivity index (χ1v) is 13.3. The topological polar surface area (TPSA) is 82.0 Å². The summed E-state index contributed by atoms with van der Waals surface area (Å²) in [7, 11) is 0. The Morgan fingerprint density at radius 3 is 2.65 bits per heavy atom. The molecule has 5 rings (SSSR count). The number of carbonyl (C=O) groups excluding carboxylic acids is 2. The number of rotatable bonds is 7. The summed E-state index contributed by atoms with van der Waals surface area (Å²) in [5, 5.41) is 16.4. The lowest BCUT2D eigenvalue weighted by Gasteiger charge is -2.22. The van der Waals surface area contributed by atoms with Crippen LogP contribution >= 0.6 is 23.1 Å². The molecule has 2 amide bonds. The predicted octanol–water partition coefficient (Wildman–Crippen LogP) is 5.97. The van der Waals surface area contributed by atoms with Crippen molar-refractivity contribution in [1.29, 1.82) is 5.26 Å². The number of fused-ring (bicyclic) bond motifs is 1. The molecular weight excluding hydrogens is 462 g/mol. The van der Waals surface area contributed by atoms with Gasteiger partial charge < -0.3 is 10.6 Å². The Kier molecular flexibility index (Phi) is 6.70. The number of thioether (sulfide) groups is 1. The van der Waals surface area contributed by atoms with Gasteiger partial charge in [-0.3, -0.25) is 9.59 Å². The largest absolute Gasteiger partial charge is 0.326 e. The second kappa shape index (κ2) is 10.0. The molecule has 1 atom stereocenters. The van der Waals surface area contributed by atoms with Crippen molar-refractivity contribution in [3.05, 3.63) is 76.2 Å². The van der Waals surface area contributed by atoms with E-state index in [1.807, 2.05) is 30.3 Å². The molecule has 5 nitrogen and oxygen atoms in total. The maximum Gasteiger partial charge on any atom is 0.235 e. The van der Waals surface area contributed by atoms with Gasteiger partial charge in [0.1, 0.15) is 11.1 Å². The summed E-state index contributed by atoms with van der Waals surface area (Å²) in [5.41, 5.74) is 3.81. The summed E-state index contributed by atoms with van der Waals surface area (Å²) in [4.78, 5) is 26.8. The van der Waals surface area contributed by atoms with Crippen LogP contribution in [-0.2, 0) is 22.4 Å². The zero-order valence-corrected chi connectivity index (χ0v) is 20.3. The summed E-state index contributed by atoms with van der Waals surface area (Å²) < 4.78 is 0. The quantitative estimate of drug-likeness (QED) is 0.402. The highest BCUT2D eigenvalue weighted by Gasteiger charge is 2.29. The molecule has 0 radical (unpaired) electrons. The normalized spacial score (nSPS) is 16.9. The Morgan fingerprint density at radius 2 is 1.88 bits per heavy atom. The minimum atomic E-state index is -0.132. The zero-order chi connectivity index (χ0) is 23.5. The first kappa shape index (κ1) is 22.7. The SMILES string of the molecule is N#Cc1c(NC(=O)CSc2cccc(NC(=O)C3CC3)c2)sc2c1CCC(c1ccccc1)C2. The number of nitrogens with one attached hydrogen (secondary N) is 2. The van der Waals surface area contributed by atoms with E-state index in [4.69, 9.17) is 0 Å². The monoisotopic (exact) mass is 487 g/mol. The molecule has 1 aromatic heterocycles.